The van der Waals surface area contributed by atoms with E-state index in [1.54, 1.807) is 30.3 Å². The van der Waals surface area contributed by atoms with E-state index in [4.69, 9.17) is 8.60 Å². The van der Waals surface area contributed by atoms with Crippen LogP contribution < -0.4 is 4.18 Å². The second-order valence-corrected chi connectivity index (χ2v) is 4.87. The minimum atomic E-state index is -3.52. The van der Waals surface area contributed by atoms with E-state index in [0.29, 0.717) is 11.3 Å². The van der Waals surface area contributed by atoms with Crippen LogP contribution in [0.2, 0.25) is 0 Å². The Balaban J connectivity index is 2.47. The lowest BCUT2D eigenvalue weighted by atomic mass is 10.1. The first-order chi connectivity index (χ1) is 7.56. The smallest absolute Gasteiger partial charge is 0.306 e. The third kappa shape index (κ3) is 2.43. The van der Waals surface area contributed by atoms with E-state index in [9.17, 15) is 8.42 Å². The molecule has 0 saturated carbocycles. The average molecular weight is 238 g/mol. The van der Waals surface area contributed by atoms with Crippen LogP contribution in [0.4, 0.5) is 0 Å². The molecule has 2 rings (SSSR count). The van der Waals surface area contributed by atoms with Crippen molar-refractivity contribution in [2.75, 3.05) is 6.26 Å². The lowest BCUT2D eigenvalue weighted by Gasteiger charge is -2.07. The molecule has 1 aromatic carbocycles. The van der Waals surface area contributed by atoms with Crippen molar-refractivity contribution in [2.45, 2.75) is 0 Å². The van der Waals surface area contributed by atoms with Gasteiger partial charge in [-0.25, -0.2) is 0 Å². The number of hydrogen-bond acceptors (Lipinski definition) is 4. The second kappa shape index (κ2) is 4.02. The molecule has 0 aliphatic heterocycles. The summed E-state index contributed by atoms with van der Waals surface area (Å²) in [6.07, 6.45) is 4.07. The van der Waals surface area contributed by atoms with Crippen molar-refractivity contribution in [3.05, 3.63) is 42.9 Å². The van der Waals surface area contributed by atoms with Crippen LogP contribution in [0.25, 0.3) is 11.1 Å². The number of rotatable bonds is 3. The van der Waals surface area contributed by atoms with Crippen LogP contribution in [0.15, 0.2) is 47.3 Å². The molecule has 16 heavy (non-hydrogen) atoms. The summed E-state index contributed by atoms with van der Waals surface area (Å²) in [6, 6.07) is 8.63. The van der Waals surface area contributed by atoms with Crippen molar-refractivity contribution in [1.29, 1.82) is 0 Å². The standard InChI is InChI=1S/C11H10O4S/c1-16(12,13)15-11-5-3-2-4-10(11)9-6-7-14-8-9/h2-8H,1H3. The van der Waals surface area contributed by atoms with Crippen LogP contribution in [0, 0.1) is 0 Å². The predicted octanol–water partition coefficient (Wildman–Crippen LogP) is 2.29. The van der Waals surface area contributed by atoms with Gasteiger partial charge in [0, 0.05) is 11.1 Å². The Morgan fingerprint density at radius 2 is 1.94 bits per heavy atom. The van der Waals surface area contributed by atoms with Gasteiger partial charge in [-0.2, -0.15) is 8.42 Å². The fourth-order valence-corrected chi connectivity index (χ4v) is 1.83. The topological polar surface area (TPSA) is 56.5 Å². The van der Waals surface area contributed by atoms with Gasteiger partial charge in [0.05, 0.1) is 18.8 Å². The van der Waals surface area contributed by atoms with Crippen molar-refractivity contribution in [2.24, 2.45) is 0 Å². The highest BCUT2D eigenvalue weighted by Crippen LogP contribution is 2.30. The van der Waals surface area contributed by atoms with Gasteiger partial charge >= 0.3 is 10.1 Å². The van der Waals surface area contributed by atoms with Gasteiger partial charge in [0.15, 0.2) is 5.75 Å². The molecule has 0 amide bonds. The molecule has 0 atom stereocenters. The van der Waals surface area contributed by atoms with Crippen LogP contribution in [-0.2, 0) is 10.1 Å². The van der Waals surface area contributed by atoms with E-state index >= 15 is 0 Å². The minimum Gasteiger partial charge on any atom is -0.472 e. The summed E-state index contributed by atoms with van der Waals surface area (Å²) in [5.74, 6) is 0.298. The minimum absolute atomic E-state index is 0.298. The molecule has 4 nitrogen and oxygen atoms in total. The molecule has 84 valence electrons. The second-order valence-electron chi connectivity index (χ2n) is 3.30. The van der Waals surface area contributed by atoms with Crippen molar-refractivity contribution in [1.82, 2.24) is 0 Å². The molecular weight excluding hydrogens is 228 g/mol. The Labute approximate surface area is 93.6 Å². The van der Waals surface area contributed by atoms with Crippen LogP contribution in [0.1, 0.15) is 0 Å². The zero-order chi connectivity index (χ0) is 11.6. The Morgan fingerprint density at radius 3 is 2.56 bits per heavy atom. The van der Waals surface area contributed by atoms with E-state index in [2.05, 4.69) is 0 Å². The maximum absolute atomic E-state index is 11.1. The molecule has 0 saturated heterocycles. The summed E-state index contributed by atoms with van der Waals surface area (Å²) < 4.78 is 32.0. The van der Waals surface area contributed by atoms with Crippen molar-refractivity contribution < 1.29 is 17.0 Å². The highest BCUT2D eigenvalue weighted by Gasteiger charge is 2.11. The summed E-state index contributed by atoms with van der Waals surface area (Å²) in [5.41, 5.74) is 1.46. The van der Waals surface area contributed by atoms with Gasteiger partial charge in [-0.05, 0) is 12.1 Å². The molecule has 0 spiro atoms. The summed E-state index contributed by atoms with van der Waals surface area (Å²) in [5, 5.41) is 0. The first-order valence-electron chi connectivity index (χ1n) is 4.57. The number of furan rings is 1. The molecule has 0 fully saturated rings. The summed E-state index contributed by atoms with van der Waals surface area (Å²) >= 11 is 0. The lowest BCUT2D eigenvalue weighted by molar-refractivity contribution is 0.493. The van der Waals surface area contributed by atoms with E-state index in [1.807, 2.05) is 0 Å². The third-order valence-corrected chi connectivity index (χ3v) is 2.44. The van der Waals surface area contributed by atoms with Crippen molar-refractivity contribution >= 4 is 10.1 Å². The third-order valence-electron chi connectivity index (χ3n) is 1.96. The fraction of sp³-hybridized carbons (Fsp3) is 0.0909. The highest BCUT2D eigenvalue weighted by molar-refractivity contribution is 7.86. The van der Waals surface area contributed by atoms with Gasteiger partial charge in [-0.15, -0.1) is 0 Å². The Hall–Kier alpha value is -1.75. The quantitative estimate of drug-likeness (QED) is 0.770. The summed E-state index contributed by atoms with van der Waals surface area (Å²) in [6.45, 7) is 0. The van der Waals surface area contributed by atoms with Gasteiger partial charge in [-0.3, -0.25) is 0 Å². The summed E-state index contributed by atoms with van der Waals surface area (Å²) in [7, 11) is -3.52. The molecular formula is C11H10O4S. The van der Waals surface area contributed by atoms with Crippen LogP contribution in [0.3, 0.4) is 0 Å². The fourth-order valence-electron chi connectivity index (χ4n) is 1.36. The molecule has 0 N–H and O–H groups in total. The Bertz CT molecular complexity index is 570. The number of benzene rings is 1. The maximum atomic E-state index is 11.1. The van der Waals surface area contributed by atoms with Gasteiger partial charge in [0.2, 0.25) is 0 Å². The normalized spacial score (nSPS) is 11.3. The van der Waals surface area contributed by atoms with Crippen LogP contribution in [0.5, 0.6) is 5.75 Å². The molecule has 0 aliphatic rings. The largest absolute Gasteiger partial charge is 0.472 e. The van der Waals surface area contributed by atoms with Gasteiger partial charge in [0.25, 0.3) is 0 Å². The van der Waals surface area contributed by atoms with Gasteiger partial charge in [0.1, 0.15) is 0 Å². The van der Waals surface area contributed by atoms with Gasteiger partial charge < -0.3 is 8.60 Å². The van der Waals surface area contributed by atoms with Crippen molar-refractivity contribution in [3.8, 4) is 16.9 Å². The van der Waals surface area contributed by atoms with E-state index in [-0.39, 0.29) is 0 Å². The number of para-hydroxylation sites is 1. The molecule has 5 heteroatoms. The molecule has 0 aliphatic carbocycles. The Kier molecular flexibility index (Phi) is 2.70. The molecule has 0 unspecified atom stereocenters. The summed E-state index contributed by atoms with van der Waals surface area (Å²) in [4.78, 5) is 0. The zero-order valence-electron chi connectivity index (χ0n) is 8.58. The first kappa shape index (κ1) is 10.8. The number of hydrogen-bond donors (Lipinski definition) is 0. The molecule has 1 heterocycles. The van der Waals surface area contributed by atoms with Crippen molar-refractivity contribution in [3.63, 3.8) is 0 Å². The Morgan fingerprint density at radius 1 is 1.19 bits per heavy atom. The van der Waals surface area contributed by atoms with Crippen LogP contribution in [-0.4, -0.2) is 14.7 Å². The van der Waals surface area contributed by atoms with E-state index < -0.39 is 10.1 Å². The molecule has 0 bridgehead atoms. The van der Waals surface area contributed by atoms with Crippen LogP contribution >= 0.6 is 0 Å². The zero-order valence-corrected chi connectivity index (χ0v) is 9.40. The van der Waals surface area contributed by atoms with E-state index in [0.717, 1.165) is 11.8 Å². The lowest BCUT2D eigenvalue weighted by Crippen LogP contribution is -2.06. The first-order valence-corrected chi connectivity index (χ1v) is 6.39. The molecule has 2 aromatic rings. The highest BCUT2D eigenvalue weighted by atomic mass is 32.2. The monoisotopic (exact) mass is 238 g/mol. The maximum Gasteiger partial charge on any atom is 0.306 e. The SMILES string of the molecule is CS(=O)(=O)Oc1ccccc1-c1ccoc1. The van der Waals surface area contributed by atoms with E-state index in [1.165, 1.54) is 12.5 Å². The molecule has 1 aromatic heterocycles. The average Bonchev–Trinajstić information content (AvgIpc) is 2.69. The predicted molar refractivity (Wildman–Crippen MR) is 59.6 cm³/mol. The van der Waals surface area contributed by atoms with Gasteiger partial charge in [-0.1, -0.05) is 18.2 Å². The molecule has 0 radical (unpaired) electrons.